The number of halogens is 2. The Hall–Kier alpha value is -2.89. The topological polar surface area (TPSA) is 49.8 Å². The van der Waals surface area contributed by atoms with Crippen molar-refractivity contribution < 1.29 is 14.6 Å². The lowest BCUT2D eigenvalue weighted by Crippen LogP contribution is -2.42. The number of carbonyl (C=O) groups is 1. The first-order chi connectivity index (χ1) is 18.1. The number of hydrogen-bond donors (Lipinski definition) is 1. The molecule has 6 heteroatoms. The number of benzene rings is 3. The third-order valence-corrected chi connectivity index (χ3v) is 7.09. The number of carbonyl (C=O) groups excluding carboxylic acids is 1. The first kappa shape index (κ1) is 29.7. The molecule has 1 amide bonds. The lowest BCUT2D eigenvalue weighted by molar-refractivity contribution is 0.104. The lowest BCUT2D eigenvalue weighted by atomic mass is 9.77. The number of amides is 1. The lowest BCUT2D eigenvalue weighted by Gasteiger charge is -2.32. The molecular formula is C32H33Br2NO3. The maximum atomic E-state index is 13.2. The molecule has 0 radical (unpaired) electrons. The second-order valence-corrected chi connectivity index (χ2v) is 11.2. The average molecular weight is 639 g/mol. The van der Waals surface area contributed by atoms with Crippen LogP contribution in [0.2, 0.25) is 0 Å². The summed E-state index contributed by atoms with van der Waals surface area (Å²) in [6.07, 6.45) is 2.99. The first-order valence-electron chi connectivity index (χ1n) is 12.5. The summed E-state index contributed by atoms with van der Waals surface area (Å²) in [5.74, 6) is 0.204. The molecule has 0 aromatic heterocycles. The van der Waals surface area contributed by atoms with Gasteiger partial charge in [0.1, 0.15) is 5.60 Å². The summed E-state index contributed by atoms with van der Waals surface area (Å²) in [7, 11) is 0. The molecule has 3 aromatic rings. The van der Waals surface area contributed by atoms with Crippen molar-refractivity contribution in [2.24, 2.45) is 0 Å². The molecule has 0 bridgehead atoms. The summed E-state index contributed by atoms with van der Waals surface area (Å²) in [5.41, 5.74) is 4.17. The van der Waals surface area contributed by atoms with Gasteiger partial charge in [0.25, 0.3) is 0 Å². The number of nitrogens with zero attached hydrogens (tertiary/aromatic N) is 1. The van der Waals surface area contributed by atoms with Gasteiger partial charge < -0.3 is 14.7 Å². The van der Waals surface area contributed by atoms with Crippen molar-refractivity contribution in [3.8, 4) is 0 Å². The van der Waals surface area contributed by atoms with Crippen molar-refractivity contribution in [2.75, 3.05) is 0 Å². The van der Waals surface area contributed by atoms with Crippen molar-refractivity contribution in [3.05, 3.63) is 128 Å². The summed E-state index contributed by atoms with van der Waals surface area (Å²) >= 11 is 7.00. The first-order valence-corrected chi connectivity index (χ1v) is 14.1. The van der Waals surface area contributed by atoms with Gasteiger partial charge >= 0.3 is 6.09 Å². The SMILES string of the molecule is C/C=C/C(=C=C(c1ccccc1)C(O)(c1ccc(Br)cc1)c1ccc(Br)cc1)OC(=O)N(C(C)C)C(C)C. The molecule has 0 heterocycles. The van der Waals surface area contributed by atoms with Gasteiger partial charge in [-0.05, 0) is 81.7 Å². The van der Waals surface area contributed by atoms with Crippen molar-refractivity contribution >= 4 is 43.5 Å². The zero-order valence-electron chi connectivity index (χ0n) is 22.3. The highest BCUT2D eigenvalue weighted by Gasteiger charge is 2.37. The molecule has 38 heavy (non-hydrogen) atoms. The highest BCUT2D eigenvalue weighted by Crippen LogP contribution is 2.42. The minimum atomic E-state index is -1.61. The molecule has 0 aliphatic carbocycles. The van der Waals surface area contributed by atoms with Gasteiger partial charge in [-0.25, -0.2) is 4.79 Å². The second-order valence-electron chi connectivity index (χ2n) is 9.42. The summed E-state index contributed by atoms with van der Waals surface area (Å²) in [4.78, 5) is 14.9. The van der Waals surface area contributed by atoms with Crippen LogP contribution in [0, 0.1) is 0 Å². The Morgan fingerprint density at radius 3 is 1.76 bits per heavy atom. The number of ether oxygens (including phenoxy) is 1. The van der Waals surface area contributed by atoms with E-state index < -0.39 is 11.7 Å². The maximum Gasteiger partial charge on any atom is 0.416 e. The Morgan fingerprint density at radius 2 is 1.34 bits per heavy atom. The van der Waals surface area contributed by atoms with Gasteiger partial charge in [-0.2, -0.15) is 0 Å². The number of aliphatic hydroxyl groups is 1. The van der Waals surface area contributed by atoms with Gasteiger partial charge in [0, 0.05) is 26.6 Å². The molecule has 3 rings (SSSR count). The van der Waals surface area contributed by atoms with Gasteiger partial charge in [-0.3, -0.25) is 0 Å². The van der Waals surface area contributed by atoms with Crippen LogP contribution in [0.15, 0.2) is 111 Å². The molecule has 0 unspecified atom stereocenters. The largest absolute Gasteiger partial charge is 0.416 e. The van der Waals surface area contributed by atoms with Crippen LogP contribution in [0.5, 0.6) is 0 Å². The minimum Gasteiger partial charge on any atom is -0.402 e. The predicted molar refractivity (Wildman–Crippen MR) is 162 cm³/mol. The zero-order chi connectivity index (χ0) is 27.9. The molecule has 0 atom stereocenters. The van der Waals surface area contributed by atoms with Gasteiger partial charge in [-0.1, -0.05) is 98.3 Å². The van der Waals surface area contributed by atoms with Crippen LogP contribution >= 0.6 is 31.9 Å². The molecule has 1 N–H and O–H groups in total. The summed E-state index contributed by atoms with van der Waals surface area (Å²) in [6.45, 7) is 9.64. The van der Waals surface area contributed by atoms with Gasteiger partial charge in [0.05, 0.1) is 0 Å². The van der Waals surface area contributed by atoms with E-state index in [1.807, 2.05) is 113 Å². The van der Waals surface area contributed by atoms with Crippen molar-refractivity contribution in [2.45, 2.75) is 52.3 Å². The maximum absolute atomic E-state index is 13.2. The predicted octanol–water partition coefficient (Wildman–Crippen LogP) is 8.85. The molecule has 0 saturated heterocycles. The highest BCUT2D eigenvalue weighted by molar-refractivity contribution is 9.10. The van der Waals surface area contributed by atoms with Gasteiger partial charge in [0.15, 0.2) is 5.76 Å². The fourth-order valence-electron chi connectivity index (χ4n) is 4.35. The molecular weight excluding hydrogens is 606 g/mol. The number of allylic oxidation sites excluding steroid dienone is 1. The van der Waals surface area contributed by atoms with Crippen molar-refractivity contribution in [1.29, 1.82) is 0 Å². The standard InChI is InChI=1S/C32H33Br2NO3/c1-6-10-29(38-31(36)35(22(2)3)23(4)5)21-30(24-11-8-7-9-12-24)32(37,25-13-17-27(33)18-14-25)26-15-19-28(34)20-16-26/h6-20,22-23,37H,1-5H3/b10-6+. The third-order valence-electron chi connectivity index (χ3n) is 6.04. The molecule has 0 aliphatic rings. The van der Waals surface area contributed by atoms with Crippen LogP contribution in [0.3, 0.4) is 0 Å². The second kappa shape index (κ2) is 13.3. The Bertz CT molecular complexity index is 1270. The molecule has 0 fully saturated rings. The smallest absolute Gasteiger partial charge is 0.402 e. The molecule has 0 saturated carbocycles. The van der Waals surface area contributed by atoms with E-state index in [-0.39, 0.29) is 17.8 Å². The Balaban J connectivity index is 2.37. The number of hydrogen-bond acceptors (Lipinski definition) is 3. The van der Waals surface area contributed by atoms with E-state index in [9.17, 15) is 9.90 Å². The minimum absolute atomic E-state index is 0.0469. The fraction of sp³-hybridized carbons (Fsp3) is 0.250. The normalized spacial score (nSPS) is 11.5. The van der Waals surface area contributed by atoms with E-state index in [2.05, 4.69) is 37.6 Å². The average Bonchev–Trinajstić information content (AvgIpc) is 2.87. The fourth-order valence-corrected chi connectivity index (χ4v) is 4.88. The number of rotatable bonds is 8. The quantitative estimate of drug-likeness (QED) is 0.152. The van der Waals surface area contributed by atoms with E-state index in [0.29, 0.717) is 16.7 Å². The van der Waals surface area contributed by atoms with Crippen molar-refractivity contribution in [1.82, 2.24) is 4.90 Å². The summed E-state index contributed by atoms with van der Waals surface area (Å²) in [6, 6.07) is 24.5. The van der Waals surface area contributed by atoms with Crippen LogP contribution in [0.25, 0.3) is 5.57 Å². The summed E-state index contributed by atoms with van der Waals surface area (Å²) < 4.78 is 7.68. The van der Waals surface area contributed by atoms with Gasteiger partial charge in [-0.15, -0.1) is 0 Å². The van der Waals surface area contributed by atoms with E-state index in [0.717, 1.165) is 14.5 Å². The Labute approximate surface area is 242 Å². The van der Waals surface area contributed by atoms with Crippen LogP contribution in [0.4, 0.5) is 4.79 Å². The molecule has 4 nitrogen and oxygen atoms in total. The third kappa shape index (κ3) is 6.95. The highest BCUT2D eigenvalue weighted by atomic mass is 79.9. The Morgan fingerprint density at radius 1 is 0.868 bits per heavy atom. The monoisotopic (exact) mass is 637 g/mol. The summed E-state index contributed by atoms with van der Waals surface area (Å²) in [5, 5.41) is 12.7. The zero-order valence-corrected chi connectivity index (χ0v) is 25.5. The van der Waals surface area contributed by atoms with E-state index in [1.54, 1.807) is 17.1 Å². The van der Waals surface area contributed by atoms with Gasteiger partial charge in [0.2, 0.25) is 0 Å². The Kier molecular flexibility index (Phi) is 10.3. The van der Waals surface area contributed by atoms with Crippen LogP contribution in [-0.2, 0) is 10.3 Å². The molecule has 0 spiro atoms. The molecule has 0 aliphatic heterocycles. The van der Waals surface area contributed by atoms with E-state index >= 15 is 0 Å². The van der Waals surface area contributed by atoms with Crippen LogP contribution < -0.4 is 0 Å². The van der Waals surface area contributed by atoms with Crippen LogP contribution in [0.1, 0.15) is 51.3 Å². The molecule has 3 aromatic carbocycles. The van der Waals surface area contributed by atoms with E-state index in [4.69, 9.17) is 4.74 Å². The van der Waals surface area contributed by atoms with E-state index in [1.165, 1.54) is 0 Å². The van der Waals surface area contributed by atoms with Crippen LogP contribution in [-0.4, -0.2) is 28.2 Å². The molecule has 198 valence electrons. The van der Waals surface area contributed by atoms with Crippen molar-refractivity contribution in [3.63, 3.8) is 0 Å².